The van der Waals surface area contributed by atoms with Gasteiger partial charge < -0.3 is 9.47 Å². The summed E-state index contributed by atoms with van der Waals surface area (Å²) in [7, 11) is 0. The van der Waals surface area contributed by atoms with Gasteiger partial charge in [0.25, 0.3) is 0 Å². The highest BCUT2D eigenvalue weighted by Gasteiger charge is 2.35. The van der Waals surface area contributed by atoms with Crippen molar-refractivity contribution >= 4 is 11.9 Å². The fourth-order valence-electron chi connectivity index (χ4n) is 3.34. The summed E-state index contributed by atoms with van der Waals surface area (Å²) < 4.78 is 11.4. The van der Waals surface area contributed by atoms with Crippen LogP contribution in [0.2, 0.25) is 0 Å². The number of carbonyl (C=O) groups is 2. The van der Waals surface area contributed by atoms with Crippen LogP contribution in [0.15, 0.2) is 0 Å². The maximum atomic E-state index is 12.3. The van der Waals surface area contributed by atoms with E-state index in [1.807, 2.05) is 27.7 Å². The summed E-state index contributed by atoms with van der Waals surface area (Å²) in [5.74, 6) is -0.206. The van der Waals surface area contributed by atoms with E-state index in [1.165, 1.54) is 0 Å². The molecule has 0 aliphatic heterocycles. The smallest absolute Gasteiger partial charge is 0.311 e. The monoisotopic (exact) mass is 340 g/mol. The molecule has 0 heterocycles. The van der Waals surface area contributed by atoms with Crippen LogP contribution in [-0.4, -0.2) is 24.1 Å². The average Bonchev–Trinajstić information content (AvgIpc) is 2.49. The Morgan fingerprint density at radius 3 is 1.29 bits per heavy atom. The molecule has 0 aromatic rings. The quantitative estimate of drug-likeness (QED) is 0.581. The Morgan fingerprint density at radius 2 is 1.04 bits per heavy atom. The molecule has 0 aromatic heterocycles. The molecule has 0 amide bonds. The van der Waals surface area contributed by atoms with Crippen LogP contribution >= 0.6 is 0 Å². The summed E-state index contributed by atoms with van der Waals surface area (Å²) in [5, 5.41) is 0. The molecule has 140 valence electrons. The van der Waals surface area contributed by atoms with Gasteiger partial charge in [-0.05, 0) is 66.2 Å². The molecule has 4 heteroatoms. The van der Waals surface area contributed by atoms with Gasteiger partial charge in [-0.3, -0.25) is 9.59 Å². The molecule has 0 atom stereocenters. The van der Waals surface area contributed by atoms with Gasteiger partial charge in [0, 0.05) is 0 Å². The summed E-state index contributed by atoms with van der Waals surface area (Å²) in [6, 6.07) is 0. The molecular weight excluding hydrogens is 304 g/mol. The van der Waals surface area contributed by atoms with Crippen molar-refractivity contribution in [2.45, 2.75) is 105 Å². The van der Waals surface area contributed by atoms with Crippen LogP contribution in [0.3, 0.4) is 0 Å². The van der Waals surface area contributed by atoms with E-state index in [1.54, 1.807) is 0 Å². The zero-order chi connectivity index (χ0) is 18.4. The van der Waals surface area contributed by atoms with Gasteiger partial charge in [0.15, 0.2) is 0 Å². The van der Waals surface area contributed by atoms with Crippen molar-refractivity contribution in [3.8, 4) is 0 Å². The van der Waals surface area contributed by atoms with Crippen LogP contribution in [0.5, 0.6) is 0 Å². The molecule has 0 unspecified atom stereocenters. The van der Waals surface area contributed by atoms with Crippen molar-refractivity contribution in [3.05, 3.63) is 0 Å². The highest BCUT2D eigenvalue weighted by atomic mass is 16.6. The molecule has 0 radical (unpaired) electrons. The second kappa shape index (κ2) is 8.87. The molecule has 1 aliphatic carbocycles. The minimum Gasteiger partial charge on any atom is -0.462 e. The number of rotatable bonds is 8. The molecule has 1 saturated carbocycles. The molecular formula is C20H36O4. The van der Waals surface area contributed by atoms with E-state index in [9.17, 15) is 9.59 Å². The number of hydrogen-bond donors (Lipinski definition) is 0. The molecule has 1 aliphatic rings. The lowest BCUT2D eigenvalue weighted by Crippen LogP contribution is -2.36. The van der Waals surface area contributed by atoms with Crippen molar-refractivity contribution in [3.63, 3.8) is 0 Å². The highest BCUT2D eigenvalue weighted by Crippen LogP contribution is 2.31. The second-order valence-electron chi connectivity index (χ2n) is 8.48. The number of ether oxygens (including phenoxy) is 2. The Kier molecular flexibility index (Phi) is 7.75. The zero-order valence-corrected chi connectivity index (χ0v) is 16.4. The lowest BCUT2D eigenvalue weighted by molar-refractivity contribution is -0.169. The second-order valence-corrected chi connectivity index (χ2v) is 8.48. The van der Waals surface area contributed by atoms with E-state index in [-0.39, 0.29) is 24.1 Å². The van der Waals surface area contributed by atoms with Crippen LogP contribution in [0.1, 0.15) is 92.9 Å². The van der Waals surface area contributed by atoms with E-state index in [0.717, 1.165) is 51.4 Å². The molecule has 0 N–H and O–H groups in total. The fourth-order valence-corrected chi connectivity index (χ4v) is 3.34. The topological polar surface area (TPSA) is 52.6 Å². The minimum absolute atomic E-state index is 0.0350. The van der Waals surface area contributed by atoms with E-state index in [2.05, 4.69) is 13.8 Å². The van der Waals surface area contributed by atoms with Gasteiger partial charge in [0.2, 0.25) is 0 Å². The molecule has 1 rings (SSSR count). The first-order valence-electron chi connectivity index (χ1n) is 9.54. The van der Waals surface area contributed by atoms with Crippen LogP contribution in [0.25, 0.3) is 0 Å². The van der Waals surface area contributed by atoms with Crippen molar-refractivity contribution in [2.75, 3.05) is 0 Å². The average molecular weight is 341 g/mol. The van der Waals surface area contributed by atoms with E-state index in [0.29, 0.717) is 0 Å². The molecule has 24 heavy (non-hydrogen) atoms. The van der Waals surface area contributed by atoms with Gasteiger partial charge in [-0.2, -0.15) is 0 Å². The third-order valence-electron chi connectivity index (χ3n) is 5.02. The van der Waals surface area contributed by atoms with E-state index < -0.39 is 10.8 Å². The summed E-state index contributed by atoms with van der Waals surface area (Å²) in [4.78, 5) is 24.6. The Bertz CT molecular complexity index is 377. The lowest BCUT2D eigenvalue weighted by atomic mass is 9.87. The largest absolute Gasteiger partial charge is 0.462 e. The molecule has 0 aromatic carbocycles. The Hall–Kier alpha value is -1.06. The molecule has 1 fully saturated rings. The van der Waals surface area contributed by atoms with E-state index in [4.69, 9.17) is 9.47 Å². The Morgan fingerprint density at radius 1 is 0.750 bits per heavy atom. The third kappa shape index (κ3) is 6.10. The summed E-state index contributed by atoms with van der Waals surface area (Å²) in [5.41, 5.74) is -0.829. The van der Waals surface area contributed by atoms with Crippen molar-refractivity contribution in [2.24, 2.45) is 10.8 Å². The zero-order valence-electron chi connectivity index (χ0n) is 16.4. The molecule has 0 saturated heterocycles. The highest BCUT2D eigenvalue weighted by molar-refractivity contribution is 5.76. The number of carbonyl (C=O) groups excluding carboxylic acids is 2. The standard InChI is InChI=1S/C20H36O4/c1-7-13-19(3,4)17(21)23-15-9-11-16(12-10-15)24-18(22)20(5,6)14-8-2/h15-16H,7-14H2,1-6H3. The van der Waals surface area contributed by atoms with Gasteiger partial charge >= 0.3 is 11.9 Å². The van der Waals surface area contributed by atoms with Crippen LogP contribution in [-0.2, 0) is 19.1 Å². The number of esters is 2. The maximum Gasteiger partial charge on any atom is 0.311 e. The maximum absolute atomic E-state index is 12.3. The van der Waals surface area contributed by atoms with Gasteiger partial charge in [0.05, 0.1) is 10.8 Å². The third-order valence-corrected chi connectivity index (χ3v) is 5.02. The van der Waals surface area contributed by atoms with Crippen LogP contribution in [0, 0.1) is 10.8 Å². The van der Waals surface area contributed by atoms with E-state index >= 15 is 0 Å². The molecule has 4 nitrogen and oxygen atoms in total. The lowest BCUT2D eigenvalue weighted by Gasteiger charge is -2.32. The Balaban J connectivity index is 2.42. The Labute approximate surface area is 147 Å². The normalized spacial score (nSPS) is 22.1. The van der Waals surface area contributed by atoms with Gasteiger partial charge in [-0.1, -0.05) is 26.7 Å². The summed E-state index contributed by atoms with van der Waals surface area (Å²) in [6.45, 7) is 11.9. The van der Waals surface area contributed by atoms with Crippen molar-refractivity contribution in [1.29, 1.82) is 0 Å². The minimum atomic E-state index is -0.414. The van der Waals surface area contributed by atoms with Gasteiger partial charge in [-0.15, -0.1) is 0 Å². The predicted octanol–water partition coefficient (Wildman–Crippen LogP) is 5.04. The first kappa shape index (κ1) is 21.0. The first-order valence-corrected chi connectivity index (χ1v) is 9.54. The number of hydrogen-bond acceptors (Lipinski definition) is 4. The van der Waals surface area contributed by atoms with Crippen LogP contribution < -0.4 is 0 Å². The predicted molar refractivity (Wildman–Crippen MR) is 95.6 cm³/mol. The van der Waals surface area contributed by atoms with Gasteiger partial charge in [0.1, 0.15) is 12.2 Å². The van der Waals surface area contributed by atoms with Crippen molar-refractivity contribution in [1.82, 2.24) is 0 Å². The van der Waals surface area contributed by atoms with Crippen molar-refractivity contribution < 1.29 is 19.1 Å². The summed E-state index contributed by atoms with van der Waals surface area (Å²) in [6.07, 6.45) is 6.66. The van der Waals surface area contributed by atoms with Crippen LogP contribution in [0.4, 0.5) is 0 Å². The molecule has 0 bridgehead atoms. The first-order chi connectivity index (χ1) is 11.1. The van der Waals surface area contributed by atoms with Gasteiger partial charge in [-0.25, -0.2) is 0 Å². The SMILES string of the molecule is CCCC(C)(C)C(=O)OC1CCC(OC(=O)C(C)(C)CCC)CC1. The molecule has 0 spiro atoms. The fraction of sp³-hybridized carbons (Fsp3) is 0.900. The summed E-state index contributed by atoms with van der Waals surface area (Å²) >= 11 is 0.